The van der Waals surface area contributed by atoms with Crippen molar-refractivity contribution in [1.29, 1.82) is 5.26 Å². The van der Waals surface area contributed by atoms with E-state index in [1.54, 1.807) is 0 Å². The maximum atomic E-state index is 9.44. The van der Waals surface area contributed by atoms with Gasteiger partial charge in [0.05, 0.1) is 6.04 Å². The van der Waals surface area contributed by atoms with Crippen LogP contribution in [0.1, 0.15) is 57.1 Å². The van der Waals surface area contributed by atoms with E-state index in [0.717, 1.165) is 31.7 Å². The second-order valence-electron chi connectivity index (χ2n) is 6.27. The van der Waals surface area contributed by atoms with Gasteiger partial charge in [-0.15, -0.1) is 0 Å². The molecule has 2 fully saturated rings. The predicted octanol–water partition coefficient (Wildman–Crippen LogP) is 2.69. The molecule has 0 radical (unpaired) electrons. The first-order valence-electron chi connectivity index (χ1n) is 7.73. The SMILES string of the molecule is CC1CCCN(c2nn(C3CCCC3)c(N)c2C#N)C1. The van der Waals surface area contributed by atoms with Crippen molar-refractivity contribution in [1.82, 2.24) is 9.78 Å². The van der Waals surface area contributed by atoms with E-state index in [9.17, 15) is 5.26 Å². The van der Waals surface area contributed by atoms with E-state index < -0.39 is 0 Å². The second-order valence-corrected chi connectivity index (χ2v) is 6.27. The maximum Gasteiger partial charge on any atom is 0.170 e. The fraction of sp³-hybridized carbons (Fsp3) is 0.733. The molecule has 20 heavy (non-hydrogen) atoms. The molecule has 2 aliphatic rings. The van der Waals surface area contributed by atoms with Gasteiger partial charge in [-0.3, -0.25) is 0 Å². The highest BCUT2D eigenvalue weighted by molar-refractivity contribution is 5.65. The minimum Gasteiger partial charge on any atom is -0.383 e. The third-order valence-corrected chi connectivity index (χ3v) is 4.67. The predicted molar refractivity (Wildman–Crippen MR) is 79.5 cm³/mol. The van der Waals surface area contributed by atoms with Crippen LogP contribution < -0.4 is 10.6 Å². The van der Waals surface area contributed by atoms with Gasteiger partial charge in [-0.05, 0) is 31.6 Å². The molecule has 2 heterocycles. The molecular formula is C15H23N5. The Kier molecular flexibility index (Phi) is 3.56. The summed E-state index contributed by atoms with van der Waals surface area (Å²) in [5, 5.41) is 14.2. The summed E-state index contributed by atoms with van der Waals surface area (Å²) in [6.07, 6.45) is 7.17. The number of hydrogen-bond acceptors (Lipinski definition) is 4. The molecule has 1 atom stereocenters. The lowest BCUT2D eigenvalue weighted by Gasteiger charge is -2.31. The Bertz CT molecular complexity index is 521. The zero-order valence-electron chi connectivity index (χ0n) is 12.2. The highest BCUT2D eigenvalue weighted by Crippen LogP contribution is 2.35. The number of nitriles is 1. The van der Waals surface area contributed by atoms with Gasteiger partial charge in [0.2, 0.25) is 0 Å². The van der Waals surface area contributed by atoms with Gasteiger partial charge in [0.1, 0.15) is 17.5 Å². The molecular weight excluding hydrogens is 250 g/mol. The van der Waals surface area contributed by atoms with E-state index in [4.69, 9.17) is 10.8 Å². The number of nitrogens with two attached hydrogens (primary N) is 1. The van der Waals surface area contributed by atoms with Crippen molar-refractivity contribution < 1.29 is 0 Å². The third-order valence-electron chi connectivity index (χ3n) is 4.67. The van der Waals surface area contributed by atoms with E-state index >= 15 is 0 Å². The fourth-order valence-electron chi connectivity index (χ4n) is 3.57. The van der Waals surface area contributed by atoms with Crippen molar-refractivity contribution in [3.8, 4) is 6.07 Å². The molecule has 108 valence electrons. The van der Waals surface area contributed by atoms with Crippen LogP contribution in [0, 0.1) is 17.2 Å². The van der Waals surface area contributed by atoms with Crippen molar-refractivity contribution in [3.05, 3.63) is 5.56 Å². The lowest BCUT2D eigenvalue weighted by molar-refractivity contribution is 0.436. The van der Waals surface area contributed by atoms with E-state index in [1.165, 1.54) is 25.7 Å². The number of rotatable bonds is 2. The van der Waals surface area contributed by atoms with E-state index in [-0.39, 0.29) is 0 Å². The zero-order valence-corrected chi connectivity index (χ0v) is 12.2. The second kappa shape index (κ2) is 5.35. The van der Waals surface area contributed by atoms with Crippen LogP contribution in [0.15, 0.2) is 0 Å². The highest BCUT2D eigenvalue weighted by atomic mass is 15.4. The summed E-state index contributed by atoms with van der Waals surface area (Å²) in [5.74, 6) is 2.03. The first kappa shape index (κ1) is 13.3. The van der Waals surface area contributed by atoms with Crippen molar-refractivity contribution in [2.75, 3.05) is 23.7 Å². The van der Waals surface area contributed by atoms with E-state index in [1.807, 2.05) is 4.68 Å². The average Bonchev–Trinajstić information content (AvgIpc) is 3.06. The monoisotopic (exact) mass is 273 g/mol. The van der Waals surface area contributed by atoms with Crippen LogP contribution in [0.3, 0.4) is 0 Å². The van der Waals surface area contributed by atoms with Crippen LogP contribution in [0.2, 0.25) is 0 Å². The Hall–Kier alpha value is -1.70. The van der Waals surface area contributed by atoms with Crippen molar-refractivity contribution in [2.45, 2.75) is 51.5 Å². The smallest absolute Gasteiger partial charge is 0.170 e. The molecule has 1 saturated carbocycles. The van der Waals surface area contributed by atoms with Crippen molar-refractivity contribution in [2.24, 2.45) is 5.92 Å². The van der Waals surface area contributed by atoms with Crippen LogP contribution in [-0.2, 0) is 0 Å². The van der Waals surface area contributed by atoms with Gasteiger partial charge >= 0.3 is 0 Å². The van der Waals surface area contributed by atoms with Gasteiger partial charge in [-0.2, -0.15) is 10.4 Å². The van der Waals surface area contributed by atoms with Gasteiger partial charge in [0.25, 0.3) is 0 Å². The molecule has 2 N–H and O–H groups in total. The third kappa shape index (κ3) is 2.24. The van der Waals surface area contributed by atoms with Gasteiger partial charge in [0, 0.05) is 13.1 Å². The van der Waals surface area contributed by atoms with Crippen LogP contribution >= 0.6 is 0 Å². The maximum absolute atomic E-state index is 9.44. The summed E-state index contributed by atoms with van der Waals surface area (Å²) in [7, 11) is 0. The molecule has 1 aliphatic heterocycles. The van der Waals surface area contributed by atoms with Gasteiger partial charge < -0.3 is 10.6 Å². The quantitative estimate of drug-likeness (QED) is 0.899. The average molecular weight is 273 g/mol. The lowest BCUT2D eigenvalue weighted by Crippen LogP contribution is -2.35. The molecule has 1 aromatic rings. The summed E-state index contributed by atoms with van der Waals surface area (Å²) < 4.78 is 1.92. The minimum absolute atomic E-state index is 0.387. The zero-order chi connectivity index (χ0) is 14.1. The number of piperidine rings is 1. The summed E-state index contributed by atoms with van der Waals surface area (Å²) >= 11 is 0. The number of nitrogen functional groups attached to an aromatic ring is 1. The van der Waals surface area contributed by atoms with Crippen LogP contribution in [-0.4, -0.2) is 22.9 Å². The van der Waals surface area contributed by atoms with Gasteiger partial charge in [0.15, 0.2) is 5.82 Å². The largest absolute Gasteiger partial charge is 0.383 e. The number of hydrogen-bond donors (Lipinski definition) is 1. The Labute approximate surface area is 120 Å². The Morgan fingerprint density at radius 2 is 2.00 bits per heavy atom. The van der Waals surface area contributed by atoms with Crippen LogP contribution in [0.25, 0.3) is 0 Å². The highest BCUT2D eigenvalue weighted by Gasteiger charge is 2.28. The molecule has 1 aliphatic carbocycles. The number of nitrogens with zero attached hydrogens (tertiary/aromatic N) is 4. The molecule has 0 spiro atoms. The lowest BCUT2D eigenvalue weighted by atomic mass is 10.0. The van der Waals surface area contributed by atoms with E-state index in [2.05, 4.69) is 17.9 Å². The number of anilines is 2. The first-order chi connectivity index (χ1) is 9.70. The summed E-state index contributed by atoms with van der Waals surface area (Å²) in [6.45, 7) is 4.23. The van der Waals surface area contributed by atoms with Crippen molar-refractivity contribution >= 4 is 11.6 Å². The molecule has 0 amide bonds. The molecule has 1 saturated heterocycles. The molecule has 3 rings (SSSR count). The standard InChI is InChI=1S/C15H23N5/c1-11-5-4-8-19(10-11)15-13(9-16)14(17)20(18-15)12-6-2-3-7-12/h11-12H,2-8,10,17H2,1H3. The Morgan fingerprint density at radius 1 is 1.25 bits per heavy atom. The van der Waals surface area contributed by atoms with Gasteiger partial charge in [-0.25, -0.2) is 4.68 Å². The topological polar surface area (TPSA) is 70.9 Å². The van der Waals surface area contributed by atoms with Crippen molar-refractivity contribution in [3.63, 3.8) is 0 Å². The molecule has 0 aromatic carbocycles. The Morgan fingerprint density at radius 3 is 2.65 bits per heavy atom. The van der Waals surface area contributed by atoms with Gasteiger partial charge in [-0.1, -0.05) is 19.8 Å². The molecule has 1 aromatic heterocycles. The van der Waals surface area contributed by atoms with Crippen LogP contribution in [0.5, 0.6) is 0 Å². The van der Waals surface area contributed by atoms with Crippen LogP contribution in [0.4, 0.5) is 11.6 Å². The molecule has 5 nitrogen and oxygen atoms in total. The summed E-state index contributed by atoms with van der Waals surface area (Å²) in [6, 6.07) is 2.66. The molecule has 0 bridgehead atoms. The summed E-state index contributed by atoms with van der Waals surface area (Å²) in [4.78, 5) is 2.24. The number of aromatic nitrogens is 2. The summed E-state index contributed by atoms with van der Waals surface area (Å²) in [5.41, 5.74) is 6.76. The minimum atomic E-state index is 0.387. The first-order valence-corrected chi connectivity index (χ1v) is 7.73. The fourth-order valence-corrected chi connectivity index (χ4v) is 3.57. The molecule has 1 unspecified atom stereocenters. The molecule has 5 heteroatoms. The Balaban J connectivity index is 1.93. The van der Waals surface area contributed by atoms with E-state index in [0.29, 0.717) is 23.3 Å². The normalized spacial score (nSPS) is 24.0.